The summed E-state index contributed by atoms with van der Waals surface area (Å²) in [6.07, 6.45) is 2.88. The van der Waals surface area contributed by atoms with Gasteiger partial charge in [0.2, 0.25) is 0 Å². The van der Waals surface area contributed by atoms with E-state index in [0.29, 0.717) is 6.54 Å². The monoisotopic (exact) mass is 289 g/mol. The molecule has 17 heavy (non-hydrogen) atoms. The van der Waals surface area contributed by atoms with Crippen LogP contribution in [0.2, 0.25) is 0 Å². The zero-order chi connectivity index (χ0) is 13.5. The fourth-order valence-electron chi connectivity index (χ4n) is 1.34. The highest BCUT2D eigenvalue weighted by atomic mass is 31.2. The van der Waals surface area contributed by atoms with Crippen molar-refractivity contribution >= 4 is 15.2 Å². The average molecular weight is 289 g/mol. The normalized spacial score (nSPS) is 14.9. The summed E-state index contributed by atoms with van der Waals surface area (Å²) in [6, 6.07) is 0. The van der Waals surface area contributed by atoms with Crippen molar-refractivity contribution in [2.24, 2.45) is 0 Å². The lowest BCUT2D eigenvalue weighted by molar-refractivity contribution is 0.335. The molecule has 0 heterocycles. The summed E-state index contributed by atoms with van der Waals surface area (Å²) in [4.78, 5) is 35.3. The molecule has 0 aliphatic carbocycles. The molecule has 1 unspecified atom stereocenters. The van der Waals surface area contributed by atoms with Gasteiger partial charge >= 0.3 is 15.2 Å². The SMILES string of the molecule is CCCCCCNC(CP(=O)(O)O)P(=O)(O)O. The highest BCUT2D eigenvalue weighted by molar-refractivity contribution is 7.56. The van der Waals surface area contributed by atoms with Gasteiger partial charge in [-0.15, -0.1) is 0 Å². The van der Waals surface area contributed by atoms with Gasteiger partial charge in [-0.2, -0.15) is 0 Å². The first kappa shape index (κ1) is 17.3. The first-order valence-electron chi connectivity index (χ1n) is 5.50. The van der Waals surface area contributed by atoms with Crippen LogP contribution in [0.1, 0.15) is 32.6 Å². The summed E-state index contributed by atoms with van der Waals surface area (Å²) >= 11 is 0. The summed E-state index contributed by atoms with van der Waals surface area (Å²) in [5.41, 5.74) is 0. The van der Waals surface area contributed by atoms with E-state index in [0.717, 1.165) is 25.7 Å². The Balaban J connectivity index is 4.14. The van der Waals surface area contributed by atoms with Gasteiger partial charge < -0.3 is 24.9 Å². The minimum atomic E-state index is -4.53. The molecule has 0 rings (SSSR count). The van der Waals surface area contributed by atoms with Crippen molar-refractivity contribution in [3.05, 3.63) is 0 Å². The van der Waals surface area contributed by atoms with Crippen LogP contribution >= 0.6 is 15.2 Å². The van der Waals surface area contributed by atoms with E-state index >= 15 is 0 Å². The lowest BCUT2D eigenvalue weighted by atomic mass is 10.2. The molecule has 0 saturated carbocycles. The van der Waals surface area contributed by atoms with Crippen LogP contribution < -0.4 is 5.32 Å². The summed E-state index contributed by atoms with van der Waals surface area (Å²) in [7, 11) is -8.97. The molecule has 7 nitrogen and oxygen atoms in total. The fourth-order valence-corrected chi connectivity index (χ4v) is 3.77. The molecule has 0 aromatic rings. The van der Waals surface area contributed by atoms with E-state index in [4.69, 9.17) is 19.6 Å². The van der Waals surface area contributed by atoms with Crippen molar-refractivity contribution in [1.82, 2.24) is 5.32 Å². The zero-order valence-corrected chi connectivity index (χ0v) is 11.6. The van der Waals surface area contributed by atoms with Gasteiger partial charge in [0, 0.05) is 0 Å². The highest BCUT2D eigenvalue weighted by Gasteiger charge is 2.34. The van der Waals surface area contributed by atoms with Gasteiger partial charge in [0.25, 0.3) is 0 Å². The largest absolute Gasteiger partial charge is 0.342 e. The zero-order valence-electron chi connectivity index (χ0n) is 9.82. The third-order valence-electron chi connectivity index (χ3n) is 2.23. The van der Waals surface area contributed by atoms with Crippen molar-refractivity contribution in [2.75, 3.05) is 12.7 Å². The third kappa shape index (κ3) is 9.92. The van der Waals surface area contributed by atoms with Gasteiger partial charge in [-0.05, 0) is 13.0 Å². The maximum absolute atomic E-state index is 11.0. The molecule has 0 aliphatic heterocycles. The number of nitrogens with one attached hydrogen (secondary N) is 1. The predicted molar refractivity (Wildman–Crippen MR) is 64.9 cm³/mol. The molecule has 104 valence electrons. The van der Waals surface area contributed by atoms with Gasteiger partial charge in [0.15, 0.2) is 0 Å². The average Bonchev–Trinajstić information content (AvgIpc) is 2.12. The standard InChI is InChI=1S/C8H21NO6P2/c1-2-3-4-5-6-9-8(17(13,14)15)7-16(10,11)12/h8-9H,2-7H2,1H3,(H2,10,11,12)(H2,13,14,15). The van der Waals surface area contributed by atoms with Gasteiger partial charge in [0.05, 0.1) is 6.16 Å². The second-order valence-electron chi connectivity index (χ2n) is 3.97. The minimum Gasteiger partial charge on any atom is -0.324 e. The second-order valence-corrected chi connectivity index (χ2v) is 7.46. The Hall–Kier alpha value is 0.260. The molecule has 0 saturated heterocycles. The smallest absolute Gasteiger partial charge is 0.324 e. The summed E-state index contributed by atoms with van der Waals surface area (Å²) in [5, 5.41) is 2.52. The van der Waals surface area contributed by atoms with Crippen molar-refractivity contribution in [3.63, 3.8) is 0 Å². The highest BCUT2D eigenvalue weighted by Crippen LogP contribution is 2.47. The Morgan fingerprint density at radius 2 is 1.65 bits per heavy atom. The van der Waals surface area contributed by atoms with Crippen LogP contribution in [0, 0.1) is 0 Å². The van der Waals surface area contributed by atoms with Gasteiger partial charge in [-0.3, -0.25) is 9.13 Å². The summed E-state index contributed by atoms with van der Waals surface area (Å²) in [5.74, 6) is -1.47. The van der Waals surface area contributed by atoms with Crippen molar-refractivity contribution in [1.29, 1.82) is 0 Å². The lowest BCUT2D eigenvalue weighted by Gasteiger charge is -2.20. The topological polar surface area (TPSA) is 127 Å². The van der Waals surface area contributed by atoms with E-state index in [1.54, 1.807) is 0 Å². The van der Waals surface area contributed by atoms with Crippen molar-refractivity contribution < 1.29 is 28.7 Å². The Morgan fingerprint density at radius 1 is 1.06 bits per heavy atom. The predicted octanol–water partition coefficient (Wildman–Crippen LogP) is 0.838. The van der Waals surface area contributed by atoms with Crippen molar-refractivity contribution in [3.8, 4) is 0 Å². The lowest BCUT2D eigenvalue weighted by Crippen LogP contribution is -2.33. The molecule has 0 aliphatic rings. The molecule has 0 spiro atoms. The van der Waals surface area contributed by atoms with E-state index < -0.39 is 27.1 Å². The molecular formula is C8H21NO6P2. The van der Waals surface area contributed by atoms with E-state index in [-0.39, 0.29) is 0 Å². The Kier molecular flexibility index (Phi) is 7.76. The fraction of sp³-hybridized carbons (Fsp3) is 1.00. The van der Waals surface area contributed by atoms with Crippen LogP contribution in [0.15, 0.2) is 0 Å². The molecule has 0 amide bonds. The Morgan fingerprint density at radius 3 is 2.06 bits per heavy atom. The van der Waals surface area contributed by atoms with Crippen LogP contribution in [0.3, 0.4) is 0 Å². The van der Waals surface area contributed by atoms with E-state index in [2.05, 4.69) is 5.32 Å². The summed E-state index contributed by atoms with van der Waals surface area (Å²) < 4.78 is 21.8. The van der Waals surface area contributed by atoms with Crippen LogP contribution in [-0.4, -0.2) is 38.1 Å². The molecule has 0 fully saturated rings. The number of rotatable bonds is 9. The minimum absolute atomic E-state index is 0.343. The maximum Gasteiger partial charge on any atom is 0.342 e. The molecule has 5 N–H and O–H groups in total. The molecule has 9 heteroatoms. The van der Waals surface area contributed by atoms with Crippen LogP contribution in [0.25, 0.3) is 0 Å². The third-order valence-corrected chi connectivity index (χ3v) is 4.53. The number of unbranched alkanes of at least 4 members (excludes halogenated alkanes) is 3. The van der Waals surface area contributed by atoms with Gasteiger partial charge in [-0.25, -0.2) is 0 Å². The number of hydrogen-bond donors (Lipinski definition) is 5. The number of hydrogen-bond acceptors (Lipinski definition) is 3. The Labute approximate surface area is 101 Å². The first-order chi connectivity index (χ1) is 7.67. The summed E-state index contributed by atoms with van der Waals surface area (Å²) in [6.45, 7) is 2.38. The van der Waals surface area contributed by atoms with E-state index in [1.165, 1.54) is 0 Å². The molecule has 0 aromatic heterocycles. The molecular weight excluding hydrogens is 268 g/mol. The van der Waals surface area contributed by atoms with E-state index in [9.17, 15) is 9.13 Å². The maximum atomic E-state index is 11.0. The van der Waals surface area contributed by atoms with Crippen LogP contribution in [-0.2, 0) is 9.13 Å². The van der Waals surface area contributed by atoms with Gasteiger partial charge in [-0.1, -0.05) is 26.2 Å². The van der Waals surface area contributed by atoms with Crippen molar-refractivity contribution in [2.45, 2.75) is 38.4 Å². The Bertz CT molecular complexity index is 298. The molecule has 0 bridgehead atoms. The van der Waals surface area contributed by atoms with E-state index in [1.807, 2.05) is 6.92 Å². The second kappa shape index (κ2) is 7.64. The molecule has 0 radical (unpaired) electrons. The van der Waals surface area contributed by atoms with Gasteiger partial charge in [0.1, 0.15) is 5.78 Å². The molecule has 1 atom stereocenters. The van der Waals surface area contributed by atoms with Crippen LogP contribution in [0.4, 0.5) is 0 Å². The first-order valence-corrected chi connectivity index (χ1v) is 8.98. The quantitative estimate of drug-likeness (QED) is 0.314. The molecule has 0 aromatic carbocycles. The van der Waals surface area contributed by atoms with Crippen LogP contribution in [0.5, 0.6) is 0 Å².